The van der Waals surface area contributed by atoms with Gasteiger partial charge in [-0.05, 0) is 0 Å². The number of aliphatic hydroxyl groups excluding tert-OH is 3. The van der Waals surface area contributed by atoms with Crippen molar-refractivity contribution in [2.45, 2.75) is 31.2 Å². The normalized spacial score (nSPS) is 30.7. The lowest BCUT2D eigenvalue weighted by Crippen LogP contribution is -2.34. The fourth-order valence-electron chi connectivity index (χ4n) is 1.90. The van der Waals surface area contributed by atoms with Crippen LogP contribution in [0.25, 0.3) is 0 Å². The smallest absolute Gasteiger partial charge is 0.351 e. The first-order valence-electron chi connectivity index (χ1n) is 5.56. The molecule has 106 valence electrons. The minimum absolute atomic E-state index is 0.136. The molecule has 0 bridgehead atoms. The second kappa shape index (κ2) is 5.21. The van der Waals surface area contributed by atoms with Crippen molar-refractivity contribution in [1.29, 1.82) is 0 Å². The average Bonchev–Trinajstić information content (AvgIpc) is 2.67. The number of rotatable bonds is 3. The molecule has 1 aromatic rings. The van der Waals surface area contributed by atoms with Gasteiger partial charge in [0.05, 0.1) is 13.2 Å². The maximum Gasteiger partial charge on any atom is 0.351 e. The summed E-state index contributed by atoms with van der Waals surface area (Å²) in [5, 5.41) is 27.4. The summed E-state index contributed by atoms with van der Waals surface area (Å²) in [7, 11) is 0. The number of hydrogen-bond acceptors (Lipinski definition) is 7. The van der Waals surface area contributed by atoms with Gasteiger partial charge in [-0.1, -0.05) is 0 Å². The van der Waals surface area contributed by atoms with Gasteiger partial charge in [-0.2, -0.15) is 4.98 Å². The SMILES string of the molecule is Nc1nc(=O)n([C@@H]2O[C@H](CO)[C@H](O)C2F)cc1CO. The molecule has 8 nitrogen and oxygen atoms in total. The monoisotopic (exact) mass is 275 g/mol. The van der Waals surface area contributed by atoms with Crippen LogP contribution in [0.2, 0.25) is 0 Å². The van der Waals surface area contributed by atoms with Crippen LogP contribution in [0.3, 0.4) is 0 Å². The fourth-order valence-corrected chi connectivity index (χ4v) is 1.90. The number of halogens is 1. The van der Waals surface area contributed by atoms with Crippen LogP contribution in [0.15, 0.2) is 11.0 Å². The first-order valence-corrected chi connectivity index (χ1v) is 5.56. The molecule has 4 atom stereocenters. The Morgan fingerprint density at radius 2 is 2.21 bits per heavy atom. The topological polar surface area (TPSA) is 131 Å². The van der Waals surface area contributed by atoms with Gasteiger partial charge in [-0.25, -0.2) is 9.18 Å². The molecule has 1 fully saturated rings. The van der Waals surface area contributed by atoms with E-state index < -0.39 is 43.5 Å². The number of aromatic nitrogens is 2. The lowest BCUT2D eigenvalue weighted by molar-refractivity contribution is -0.0492. The Balaban J connectivity index is 2.40. The van der Waals surface area contributed by atoms with Crippen LogP contribution >= 0.6 is 0 Å². The second-order valence-electron chi connectivity index (χ2n) is 4.18. The summed E-state index contributed by atoms with van der Waals surface area (Å²) >= 11 is 0. The molecular weight excluding hydrogens is 261 g/mol. The van der Waals surface area contributed by atoms with Crippen molar-refractivity contribution in [1.82, 2.24) is 9.55 Å². The molecule has 0 saturated carbocycles. The summed E-state index contributed by atoms with van der Waals surface area (Å²) in [6.45, 7) is -1.06. The van der Waals surface area contributed by atoms with Gasteiger partial charge in [-0.3, -0.25) is 4.57 Å². The summed E-state index contributed by atoms with van der Waals surface area (Å²) < 4.78 is 19.7. The van der Waals surface area contributed by atoms with Crippen LogP contribution < -0.4 is 11.4 Å². The highest BCUT2D eigenvalue weighted by Crippen LogP contribution is 2.30. The van der Waals surface area contributed by atoms with E-state index in [9.17, 15) is 14.3 Å². The molecule has 1 aliphatic heterocycles. The molecule has 19 heavy (non-hydrogen) atoms. The van der Waals surface area contributed by atoms with Gasteiger partial charge in [0.1, 0.15) is 18.0 Å². The van der Waals surface area contributed by atoms with Gasteiger partial charge < -0.3 is 25.8 Å². The molecule has 1 saturated heterocycles. The van der Waals surface area contributed by atoms with Crippen LogP contribution in [0.5, 0.6) is 0 Å². The number of nitrogens with two attached hydrogens (primary N) is 1. The second-order valence-corrected chi connectivity index (χ2v) is 4.18. The maximum absolute atomic E-state index is 13.9. The quantitative estimate of drug-likeness (QED) is 0.497. The van der Waals surface area contributed by atoms with Crippen molar-refractivity contribution in [3.63, 3.8) is 0 Å². The molecule has 1 unspecified atom stereocenters. The summed E-state index contributed by atoms with van der Waals surface area (Å²) in [5.41, 5.74) is 4.68. The molecule has 0 radical (unpaired) electrons. The van der Waals surface area contributed by atoms with Crippen molar-refractivity contribution < 1.29 is 24.4 Å². The van der Waals surface area contributed by atoms with E-state index >= 15 is 0 Å². The molecule has 0 aliphatic carbocycles. The molecule has 1 aliphatic rings. The van der Waals surface area contributed by atoms with E-state index in [4.69, 9.17) is 20.7 Å². The summed E-state index contributed by atoms with van der Waals surface area (Å²) in [5.74, 6) is -0.156. The zero-order chi connectivity index (χ0) is 14.2. The third-order valence-electron chi connectivity index (χ3n) is 2.98. The van der Waals surface area contributed by atoms with Gasteiger partial charge in [-0.15, -0.1) is 0 Å². The predicted octanol–water partition coefficient (Wildman–Crippen LogP) is -2.09. The van der Waals surface area contributed by atoms with E-state index in [1.165, 1.54) is 0 Å². The molecule has 5 N–H and O–H groups in total. The number of hydrogen-bond donors (Lipinski definition) is 4. The lowest BCUT2D eigenvalue weighted by Gasteiger charge is -2.17. The van der Waals surface area contributed by atoms with Crippen molar-refractivity contribution in [3.8, 4) is 0 Å². The molecule has 9 heteroatoms. The number of alkyl halides is 1. The van der Waals surface area contributed by atoms with Gasteiger partial charge in [0.15, 0.2) is 12.4 Å². The van der Waals surface area contributed by atoms with Gasteiger partial charge in [0, 0.05) is 11.8 Å². The molecule has 0 aromatic carbocycles. The van der Waals surface area contributed by atoms with Crippen LogP contribution in [0.1, 0.15) is 11.8 Å². The highest BCUT2D eigenvalue weighted by atomic mass is 19.1. The van der Waals surface area contributed by atoms with E-state index in [-0.39, 0.29) is 11.4 Å². The first kappa shape index (κ1) is 13.9. The van der Waals surface area contributed by atoms with E-state index in [0.29, 0.717) is 0 Å². The first-order chi connectivity index (χ1) is 8.99. The Morgan fingerprint density at radius 3 is 2.74 bits per heavy atom. The third kappa shape index (κ3) is 2.32. The van der Waals surface area contributed by atoms with Crippen molar-refractivity contribution in [2.24, 2.45) is 0 Å². The fraction of sp³-hybridized carbons (Fsp3) is 0.600. The van der Waals surface area contributed by atoms with Gasteiger partial charge >= 0.3 is 5.69 Å². The van der Waals surface area contributed by atoms with Crippen LogP contribution in [-0.4, -0.2) is 49.9 Å². The Kier molecular flexibility index (Phi) is 3.80. The van der Waals surface area contributed by atoms with Crippen molar-refractivity contribution in [2.75, 3.05) is 12.3 Å². The van der Waals surface area contributed by atoms with Gasteiger partial charge in [0.25, 0.3) is 0 Å². The van der Waals surface area contributed by atoms with E-state index in [2.05, 4.69) is 4.98 Å². The minimum atomic E-state index is -1.90. The molecular formula is C10H14FN3O5. The number of nitrogen functional groups attached to an aromatic ring is 1. The van der Waals surface area contributed by atoms with Crippen LogP contribution in [-0.2, 0) is 11.3 Å². The summed E-state index contributed by atoms with van der Waals surface area (Å²) in [6, 6.07) is 0. The van der Waals surface area contributed by atoms with Crippen LogP contribution in [0, 0.1) is 0 Å². The number of ether oxygens (including phenoxy) is 1. The summed E-state index contributed by atoms with van der Waals surface area (Å²) in [6.07, 6.45) is -4.86. The number of aliphatic hydroxyl groups is 3. The Morgan fingerprint density at radius 1 is 1.53 bits per heavy atom. The Hall–Kier alpha value is -1.55. The average molecular weight is 275 g/mol. The molecule has 0 spiro atoms. The minimum Gasteiger partial charge on any atom is -0.394 e. The van der Waals surface area contributed by atoms with Gasteiger partial charge in [0.2, 0.25) is 0 Å². The predicted molar refractivity (Wildman–Crippen MR) is 60.7 cm³/mol. The van der Waals surface area contributed by atoms with Crippen LogP contribution in [0.4, 0.5) is 10.2 Å². The maximum atomic E-state index is 13.9. The zero-order valence-corrected chi connectivity index (χ0v) is 9.81. The zero-order valence-electron chi connectivity index (χ0n) is 9.81. The highest BCUT2D eigenvalue weighted by molar-refractivity contribution is 5.36. The molecule has 0 amide bonds. The Labute approximate surface area is 106 Å². The Bertz CT molecular complexity index is 522. The van der Waals surface area contributed by atoms with E-state index in [1.54, 1.807) is 0 Å². The van der Waals surface area contributed by atoms with E-state index in [0.717, 1.165) is 10.8 Å². The standard InChI is InChI=1S/C10H14FN3O5/c11-6-7(17)5(3-16)19-9(6)14-1-4(2-15)8(12)13-10(14)18/h1,5-7,9,15-17H,2-3H2,(H2,12,13,18)/t5-,6?,7+,9-/m1/s1. The third-order valence-corrected chi connectivity index (χ3v) is 2.98. The lowest BCUT2D eigenvalue weighted by atomic mass is 10.1. The van der Waals surface area contributed by atoms with Crippen molar-refractivity contribution in [3.05, 3.63) is 22.2 Å². The molecule has 2 heterocycles. The highest BCUT2D eigenvalue weighted by Gasteiger charge is 2.45. The number of nitrogens with zero attached hydrogens (tertiary/aromatic N) is 2. The largest absolute Gasteiger partial charge is 0.394 e. The molecule has 1 aromatic heterocycles. The van der Waals surface area contributed by atoms with Crippen molar-refractivity contribution >= 4 is 5.82 Å². The number of anilines is 1. The van der Waals surface area contributed by atoms with E-state index in [1.807, 2.05) is 0 Å². The summed E-state index contributed by atoms with van der Waals surface area (Å²) in [4.78, 5) is 15.1. The molecule has 2 rings (SSSR count).